The van der Waals surface area contributed by atoms with Crippen LogP contribution in [0.25, 0.3) is 0 Å². The second-order valence-corrected chi connectivity index (χ2v) is 7.06. The molecule has 0 spiro atoms. The first kappa shape index (κ1) is 20.1. The molecule has 28 heavy (non-hydrogen) atoms. The number of aliphatic hydroxyl groups excluding tert-OH is 1. The van der Waals surface area contributed by atoms with Crippen molar-refractivity contribution in [2.75, 3.05) is 13.1 Å². The monoisotopic (exact) mass is 391 g/mol. The fourth-order valence-corrected chi connectivity index (χ4v) is 3.07. The van der Waals surface area contributed by atoms with E-state index in [1.54, 1.807) is 0 Å². The van der Waals surface area contributed by atoms with Gasteiger partial charge in [-0.1, -0.05) is 30.3 Å². The van der Waals surface area contributed by atoms with Crippen LogP contribution in [0.5, 0.6) is 0 Å². The number of nitrogens with two attached hydrogens (primary N) is 1. The van der Waals surface area contributed by atoms with Gasteiger partial charge >= 0.3 is 6.09 Å². The van der Waals surface area contributed by atoms with E-state index in [1.165, 1.54) is 4.90 Å². The van der Waals surface area contributed by atoms with Crippen molar-refractivity contribution in [2.45, 2.75) is 50.2 Å². The van der Waals surface area contributed by atoms with Gasteiger partial charge in [0.05, 0.1) is 13.2 Å². The zero-order valence-corrected chi connectivity index (χ0v) is 15.5. The third-order valence-electron chi connectivity index (χ3n) is 4.75. The van der Waals surface area contributed by atoms with E-state index in [-0.39, 0.29) is 18.5 Å². The summed E-state index contributed by atoms with van der Waals surface area (Å²) in [6.07, 6.45) is -2.41. The topological polar surface area (TPSA) is 131 Å². The van der Waals surface area contributed by atoms with E-state index in [9.17, 15) is 19.5 Å². The Bertz CT molecular complexity index is 709. The number of hydrogen-bond acceptors (Lipinski definition) is 6. The third-order valence-corrected chi connectivity index (χ3v) is 4.75. The van der Waals surface area contributed by atoms with Gasteiger partial charge in [-0.3, -0.25) is 9.59 Å². The first-order valence-electron chi connectivity index (χ1n) is 9.33. The van der Waals surface area contributed by atoms with Crippen molar-refractivity contribution in [1.82, 2.24) is 10.2 Å². The van der Waals surface area contributed by atoms with Gasteiger partial charge in [-0.05, 0) is 18.4 Å². The lowest BCUT2D eigenvalue weighted by molar-refractivity contribution is -0.143. The number of rotatable bonds is 9. The number of hydrogen-bond donors (Lipinski definition) is 3. The summed E-state index contributed by atoms with van der Waals surface area (Å²) in [4.78, 5) is 37.2. The number of aliphatic hydroxyl groups is 1. The molecule has 1 aliphatic heterocycles. The molecule has 3 atom stereocenters. The SMILES string of the molecule is NC(=O)O[C@@H](CN1CCC(OCc2ccccc2)C1=O)C(O)C(=O)NC1CC1. The number of ether oxygens (including phenoxy) is 2. The molecule has 3 amide bonds. The molecule has 9 heteroatoms. The molecular weight excluding hydrogens is 366 g/mol. The molecule has 4 N–H and O–H groups in total. The molecule has 152 valence electrons. The van der Waals surface area contributed by atoms with Gasteiger partial charge in [-0.2, -0.15) is 0 Å². The normalized spacial score (nSPS) is 21.2. The first-order valence-corrected chi connectivity index (χ1v) is 9.33. The second kappa shape index (κ2) is 9.03. The van der Waals surface area contributed by atoms with E-state index in [0.29, 0.717) is 19.6 Å². The summed E-state index contributed by atoms with van der Waals surface area (Å²) < 4.78 is 10.6. The lowest BCUT2D eigenvalue weighted by Crippen LogP contribution is -2.50. The lowest BCUT2D eigenvalue weighted by atomic mass is 10.1. The van der Waals surface area contributed by atoms with Crippen LogP contribution in [0.4, 0.5) is 4.79 Å². The Morgan fingerprint density at radius 2 is 1.96 bits per heavy atom. The zero-order chi connectivity index (χ0) is 20.1. The van der Waals surface area contributed by atoms with E-state index in [1.807, 2.05) is 30.3 Å². The fraction of sp³-hybridized carbons (Fsp3) is 0.526. The van der Waals surface area contributed by atoms with Gasteiger partial charge in [0.1, 0.15) is 6.10 Å². The van der Waals surface area contributed by atoms with Crippen LogP contribution in [0, 0.1) is 0 Å². The molecule has 0 bridgehead atoms. The smallest absolute Gasteiger partial charge is 0.404 e. The maximum Gasteiger partial charge on any atom is 0.404 e. The van der Waals surface area contributed by atoms with Crippen molar-refractivity contribution >= 4 is 17.9 Å². The van der Waals surface area contributed by atoms with Crippen LogP contribution in [0.15, 0.2) is 30.3 Å². The number of benzene rings is 1. The molecule has 0 radical (unpaired) electrons. The van der Waals surface area contributed by atoms with Gasteiger partial charge in [-0.25, -0.2) is 4.79 Å². The van der Waals surface area contributed by atoms with Crippen LogP contribution < -0.4 is 11.1 Å². The Kier molecular flexibility index (Phi) is 6.48. The number of nitrogens with zero attached hydrogens (tertiary/aromatic N) is 1. The van der Waals surface area contributed by atoms with Gasteiger partial charge in [0.15, 0.2) is 12.2 Å². The largest absolute Gasteiger partial charge is 0.441 e. The quantitative estimate of drug-likeness (QED) is 0.539. The Morgan fingerprint density at radius 3 is 2.61 bits per heavy atom. The van der Waals surface area contributed by atoms with E-state index in [2.05, 4.69) is 5.32 Å². The molecule has 9 nitrogen and oxygen atoms in total. The summed E-state index contributed by atoms with van der Waals surface area (Å²) in [5, 5.41) is 12.9. The Morgan fingerprint density at radius 1 is 1.25 bits per heavy atom. The van der Waals surface area contributed by atoms with Crippen LogP contribution in [0.3, 0.4) is 0 Å². The molecule has 2 aliphatic rings. The molecule has 1 aromatic rings. The highest BCUT2D eigenvalue weighted by Crippen LogP contribution is 2.20. The van der Waals surface area contributed by atoms with Crippen LogP contribution in [-0.2, 0) is 25.7 Å². The van der Waals surface area contributed by atoms with E-state index in [0.717, 1.165) is 18.4 Å². The third kappa shape index (κ3) is 5.43. The van der Waals surface area contributed by atoms with Gasteiger partial charge in [0.25, 0.3) is 11.8 Å². The molecule has 0 aromatic heterocycles. The summed E-state index contributed by atoms with van der Waals surface area (Å²) in [5.74, 6) is -0.916. The van der Waals surface area contributed by atoms with Crippen LogP contribution >= 0.6 is 0 Å². The minimum atomic E-state index is -1.61. The molecule has 2 fully saturated rings. The highest BCUT2D eigenvalue weighted by atomic mass is 16.6. The zero-order valence-electron chi connectivity index (χ0n) is 15.5. The molecule has 1 saturated carbocycles. The van der Waals surface area contributed by atoms with E-state index >= 15 is 0 Å². The lowest BCUT2D eigenvalue weighted by Gasteiger charge is -2.26. The summed E-state index contributed by atoms with van der Waals surface area (Å²) >= 11 is 0. The van der Waals surface area contributed by atoms with Crippen molar-refractivity contribution < 1.29 is 29.0 Å². The number of carbonyl (C=O) groups excluding carboxylic acids is 3. The summed E-state index contributed by atoms with van der Waals surface area (Å²) in [5.41, 5.74) is 6.02. The molecule has 1 aromatic carbocycles. The summed E-state index contributed by atoms with van der Waals surface area (Å²) in [7, 11) is 0. The molecule has 3 rings (SSSR count). The Labute approximate surface area is 162 Å². The minimum Gasteiger partial charge on any atom is -0.441 e. The van der Waals surface area contributed by atoms with Gasteiger partial charge in [0.2, 0.25) is 0 Å². The average Bonchev–Trinajstić information content (AvgIpc) is 3.42. The Hall–Kier alpha value is -2.65. The summed E-state index contributed by atoms with van der Waals surface area (Å²) in [6.45, 7) is 0.540. The van der Waals surface area contributed by atoms with Gasteiger partial charge in [0, 0.05) is 19.0 Å². The second-order valence-electron chi connectivity index (χ2n) is 7.06. The summed E-state index contributed by atoms with van der Waals surface area (Å²) in [6, 6.07) is 9.53. The van der Waals surface area contributed by atoms with Gasteiger partial charge < -0.3 is 30.5 Å². The van der Waals surface area contributed by atoms with Gasteiger partial charge in [-0.15, -0.1) is 0 Å². The highest BCUT2D eigenvalue weighted by molar-refractivity contribution is 5.84. The number of likely N-dealkylation sites (tertiary alicyclic amines) is 1. The van der Waals surface area contributed by atoms with E-state index in [4.69, 9.17) is 15.2 Å². The predicted molar refractivity (Wildman–Crippen MR) is 97.8 cm³/mol. The van der Waals surface area contributed by atoms with Crippen LogP contribution in [0.1, 0.15) is 24.8 Å². The van der Waals surface area contributed by atoms with Crippen molar-refractivity contribution in [3.63, 3.8) is 0 Å². The predicted octanol–water partition coefficient (Wildman–Crippen LogP) is -0.0925. The van der Waals surface area contributed by atoms with Crippen LogP contribution in [0.2, 0.25) is 0 Å². The first-order chi connectivity index (χ1) is 13.4. The van der Waals surface area contributed by atoms with Crippen LogP contribution in [-0.4, -0.2) is 65.4 Å². The standard InChI is InChI=1S/C19H25N3O6/c20-19(26)28-15(16(23)17(24)21-13-6-7-13)10-22-9-8-14(18(22)25)27-11-12-4-2-1-3-5-12/h1-5,13-16,23H,6-11H2,(H2,20,26)(H,21,24)/t14?,15-,16?/m0/s1. The number of carbonyl (C=O) groups is 3. The van der Waals surface area contributed by atoms with E-state index < -0.39 is 30.3 Å². The van der Waals surface area contributed by atoms with Crippen molar-refractivity contribution in [3.05, 3.63) is 35.9 Å². The highest BCUT2D eigenvalue weighted by Gasteiger charge is 2.39. The van der Waals surface area contributed by atoms with Crippen molar-refractivity contribution in [2.24, 2.45) is 5.73 Å². The Balaban J connectivity index is 1.55. The molecule has 1 heterocycles. The number of primary amides is 1. The molecular formula is C19H25N3O6. The molecule has 2 unspecified atom stereocenters. The molecule has 1 aliphatic carbocycles. The van der Waals surface area contributed by atoms with Crippen molar-refractivity contribution in [1.29, 1.82) is 0 Å². The number of amides is 3. The maximum atomic E-state index is 12.6. The number of nitrogens with one attached hydrogen (secondary N) is 1. The minimum absolute atomic E-state index is 0.0422. The maximum absolute atomic E-state index is 12.6. The van der Waals surface area contributed by atoms with Crippen molar-refractivity contribution in [3.8, 4) is 0 Å². The molecule has 1 saturated heterocycles. The average molecular weight is 391 g/mol. The fourth-order valence-electron chi connectivity index (χ4n) is 3.07.